The molecule has 18 heavy (non-hydrogen) atoms. The van der Waals surface area contributed by atoms with Gasteiger partial charge in [-0.3, -0.25) is 0 Å². The molecule has 2 aromatic rings. The second kappa shape index (κ2) is 6.15. The molecular formula is C11H18N6O. The summed E-state index contributed by atoms with van der Waals surface area (Å²) in [6.45, 7) is 4.42. The van der Waals surface area contributed by atoms with Crippen molar-refractivity contribution in [1.29, 1.82) is 0 Å². The van der Waals surface area contributed by atoms with Crippen LogP contribution in [0.3, 0.4) is 0 Å². The highest BCUT2D eigenvalue weighted by Gasteiger charge is 2.07. The third-order valence-corrected chi connectivity index (χ3v) is 2.41. The molecule has 0 aliphatic rings. The molecule has 0 fully saturated rings. The van der Waals surface area contributed by atoms with Crippen LogP contribution in [0.2, 0.25) is 0 Å². The van der Waals surface area contributed by atoms with Crippen molar-refractivity contribution in [2.75, 3.05) is 30.8 Å². The van der Waals surface area contributed by atoms with E-state index in [1.807, 2.05) is 0 Å². The van der Waals surface area contributed by atoms with Gasteiger partial charge < -0.3 is 20.8 Å². The van der Waals surface area contributed by atoms with Gasteiger partial charge in [0.05, 0.1) is 6.33 Å². The molecule has 2 rings (SSSR count). The fourth-order valence-electron chi connectivity index (χ4n) is 1.61. The molecule has 0 unspecified atom stereocenters. The number of nitrogens with one attached hydrogen (secondary N) is 2. The molecule has 0 aliphatic carbocycles. The van der Waals surface area contributed by atoms with Crippen molar-refractivity contribution in [3.05, 3.63) is 6.33 Å². The van der Waals surface area contributed by atoms with Crippen molar-refractivity contribution in [3.8, 4) is 0 Å². The number of nitrogens with zero attached hydrogens (tertiary/aromatic N) is 3. The quantitative estimate of drug-likeness (QED) is 0.637. The minimum absolute atomic E-state index is 0.222. The second-order valence-corrected chi connectivity index (χ2v) is 3.92. The number of hydrogen-bond acceptors (Lipinski definition) is 6. The molecule has 0 saturated carbocycles. The fraction of sp³-hybridized carbons (Fsp3) is 0.545. The van der Waals surface area contributed by atoms with Gasteiger partial charge in [0.15, 0.2) is 11.5 Å². The van der Waals surface area contributed by atoms with E-state index in [4.69, 9.17) is 10.5 Å². The summed E-state index contributed by atoms with van der Waals surface area (Å²) >= 11 is 0. The lowest BCUT2D eigenvalue weighted by atomic mass is 10.4. The van der Waals surface area contributed by atoms with Crippen molar-refractivity contribution < 1.29 is 4.74 Å². The number of ether oxygens (including phenoxy) is 1. The number of rotatable bonds is 7. The van der Waals surface area contributed by atoms with Crippen molar-refractivity contribution in [1.82, 2.24) is 19.9 Å². The Balaban J connectivity index is 1.89. The largest absolute Gasteiger partial charge is 0.381 e. The van der Waals surface area contributed by atoms with Gasteiger partial charge in [-0.15, -0.1) is 0 Å². The van der Waals surface area contributed by atoms with E-state index < -0.39 is 0 Å². The number of aromatic amines is 1. The van der Waals surface area contributed by atoms with Crippen molar-refractivity contribution in [2.45, 2.75) is 19.8 Å². The number of H-pyrrole nitrogens is 1. The van der Waals surface area contributed by atoms with E-state index in [-0.39, 0.29) is 5.95 Å². The van der Waals surface area contributed by atoms with E-state index in [1.54, 1.807) is 6.33 Å². The monoisotopic (exact) mass is 250 g/mol. The minimum Gasteiger partial charge on any atom is -0.381 e. The van der Waals surface area contributed by atoms with Gasteiger partial charge in [0.25, 0.3) is 0 Å². The van der Waals surface area contributed by atoms with Gasteiger partial charge in [-0.05, 0) is 12.8 Å². The number of nitrogens with two attached hydrogens (primary N) is 1. The van der Waals surface area contributed by atoms with Crippen molar-refractivity contribution in [3.63, 3.8) is 0 Å². The number of anilines is 2. The molecule has 0 aliphatic heterocycles. The van der Waals surface area contributed by atoms with Crippen molar-refractivity contribution >= 4 is 22.9 Å². The van der Waals surface area contributed by atoms with E-state index in [0.29, 0.717) is 11.5 Å². The lowest BCUT2D eigenvalue weighted by molar-refractivity contribution is 0.134. The molecule has 2 aromatic heterocycles. The highest BCUT2D eigenvalue weighted by molar-refractivity contribution is 5.83. The van der Waals surface area contributed by atoms with E-state index in [0.717, 1.165) is 38.1 Å². The normalized spacial score (nSPS) is 10.9. The maximum Gasteiger partial charge on any atom is 0.224 e. The number of fused-ring (bicyclic) bond motifs is 1. The van der Waals surface area contributed by atoms with Crippen LogP contribution in [0.5, 0.6) is 0 Å². The van der Waals surface area contributed by atoms with Crippen LogP contribution < -0.4 is 11.1 Å². The molecule has 2 heterocycles. The molecule has 7 nitrogen and oxygen atoms in total. The van der Waals surface area contributed by atoms with Crippen LogP contribution >= 0.6 is 0 Å². The molecular weight excluding hydrogens is 232 g/mol. The Labute approximate surface area is 105 Å². The van der Waals surface area contributed by atoms with Gasteiger partial charge in [0.1, 0.15) is 5.52 Å². The van der Waals surface area contributed by atoms with Crippen LogP contribution in [0.25, 0.3) is 11.2 Å². The first-order valence-corrected chi connectivity index (χ1v) is 6.09. The Morgan fingerprint density at radius 1 is 1.39 bits per heavy atom. The van der Waals surface area contributed by atoms with E-state index in [2.05, 4.69) is 32.2 Å². The maximum absolute atomic E-state index is 5.61. The molecule has 0 saturated heterocycles. The average Bonchev–Trinajstić information content (AvgIpc) is 2.81. The van der Waals surface area contributed by atoms with Crippen LogP contribution in [0, 0.1) is 0 Å². The zero-order valence-electron chi connectivity index (χ0n) is 10.4. The van der Waals surface area contributed by atoms with Crippen LogP contribution in [0.4, 0.5) is 11.8 Å². The summed E-state index contributed by atoms with van der Waals surface area (Å²) < 4.78 is 5.40. The topological polar surface area (TPSA) is 102 Å². The summed E-state index contributed by atoms with van der Waals surface area (Å²) in [6, 6.07) is 0. The third kappa shape index (κ3) is 3.07. The Hall–Kier alpha value is -1.89. The predicted octanol–water partition coefficient (Wildman–Crippen LogP) is 1.16. The Kier molecular flexibility index (Phi) is 4.30. The van der Waals surface area contributed by atoms with Crippen LogP contribution in [0.15, 0.2) is 6.33 Å². The molecule has 0 spiro atoms. The minimum atomic E-state index is 0.222. The van der Waals surface area contributed by atoms with E-state index >= 15 is 0 Å². The second-order valence-electron chi connectivity index (χ2n) is 3.92. The van der Waals surface area contributed by atoms with Gasteiger partial charge in [-0.2, -0.15) is 9.97 Å². The average molecular weight is 250 g/mol. The lowest BCUT2D eigenvalue weighted by Gasteiger charge is -2.07. The van der Waals surface area contributed by atoms with Gasteiger partial charge in [-0.25, -0.2) is 4.98 Å². The molecule has 0 bridgehead atoms. The van der Waals surface area contributed by atoms with Crippen LogP contribution in [-0.4, -0.2) is 39.7 Å². The zero-order chi connectivity index (χ0) is 12.8. The summed E-state index contributed by atoms with van der Waals surface area (Å²) in [5.74, 6) is 0.907. The smallest absolute Gasteiger partial charge is 0.224 e. The third-order valence-electron chi connectivity index (χ3n) is 2.41. The van der Waals surface area contributed by atoms with Crippen molar-refractivity contribution in [2.24, 2.45) is 0 Å². The fourth-order valence-corrected chi connectivity index (χ4v) is 1.61. The highest BCUT2D eigenvalue weighted by atomic mass is 16.5. The summed E-state index contributed by atoms with van der Waals surface area (Å²) in [7, 11) is 0. The van der Waals surface area contributed by atoms with Gasteiger partial charge in [0, 0.05) is 19.8 Å². The molecule has 0 amide bonds. The number of aromatic nitrogens is 4. The maximum atomic E-state index is 5.61. The first-order chi connectivity index (χ1) is 8.81. The van der Waals surface area contributed by atoms with Gasteiger partial charge in [0.2, 0.25) is 5.95 Å². The van der Waals surface area contributed by atoms with Gasteiger partial charge >= 0.3 is 0 Å². The zero-order valence-corrected chi connectivity index (χ0v) is 10.4. The SMILES string of the molecule is CCCOCCCNc1nc(N)nc2nc[nH]c12. The van der Waals surface area contributed by atoms with E-state index in [9.17, 15) is 0 Å². The first kappa shape index (κ1) is 12.6. The van der Waals surface area contributed by atoms with Gasteiger partial charge in [-0.1, -0.05) is 6.92 Å². The first-order valence-electron chi connectivity index (χ1n) is 6.09. The number of hydrogen-bond donors (Lipinski definition) is 3. The molecule has 0 atom stereocenters. The Bertz CT molecular complexity index is 497. The highest BCUT2D eigenvalue weighted by Crippen LogP contribution is 2.16. The van der Waals surface area contributed by atoms with Crippen LogP contribution in [0.1, 0.15) is 19.8 Å². The number of nitrogen functional groups attached to an aromatic ring is 1. The predicted molar refractivity (Wildman–Crippen MR) is 70.3 cm³/mol. The Morgan fingerprint density at radius 2 is 2.28 bits per heavy atom. The van der Waals surface area contributed by atoms with Crippen LogP contribution in [-0.2, 0) is 4.74 Å². The summed E-state index contributed by atoms with van der Waals surface area (Å²) in [4.78, 5) is 15.2. The molecule has 0 aromatic carbocycles. The summed E-state index contributed by atoms with van der Waals surface area (Å²) in [5.41, 5.74) is 6.97. The summed E-state index contributed by atoms with van der Waals surface area (Å²) in [5, 5.41) is 3.21. The molecule has 0 radical (unpaired) electrons. The standard InChI is InChI=1S/C11H18N6O/c1-2-5-18-6-3-4-13-9-8-10(15-7-14-8)17-11(12)16-9/h7H,2-6H2,1H3,(H4,12,13,14,15,16,17). The molecule has 4 N–H and O–H groups in total. The molecule has 7 heteroatoms. The lowest BCUT2D eigenvalue weighted by Crippen LogP contribution is -2.09. The van der Waals surface area contributed by atoms with E-state index in [1.165, 1.54) is 0 Å². The summed E-state index contributed by atoms with van der Waals surface area (Å²) in [6.07, 6.45) is 3.54. The molecule has 98 valence electrons. The number of imidazole rings is 1. The Morgan fingerprint density at radius 3 is 3.11 bits per heavy atom.